The topological polar surface area (TPSA) is 89.5 Å². The molecule has 8 nitrogen and oxygen atoms in total. The molecule has 2 unspecified atom stereocenters. The maximum absolute atomic E-state index is 12.4. The lowest BCUT2D eigenvalue weighted by Gasteiger charge is -2.22. The standard InChI is InChI=1S/C34H45BrO8/c1-5-7-9-15-31(36)42-25(20-38-3)22-40-33-27-13-11-12-14-28(27)34(30-19-24(35)17-18-29(30)33)41-23-26(21-39-4)43-32(37)16-10-8-6-2/h11-14,17-19,25-26H,5-10,15-16,20-23H2,1-4H3. The van der Waals surface area contributed by atoms with E-state index in [1.165, 1.54) is 0 Å². The van der Waals surface area contributed by atoms with Crippen LogP contribution in [0.25, 0.3) is 21.5 Å². The third-order valence-electron chi connectivity index (χ3n) is 6.98. The van der Waals surface area contributed by atoms with Crippen molar-refractivity contribution in [1.82, 2.24) is 0 Å². The number of fused-ring (bicyclic) bond motifs is 2. The molecule has 3 aromatic carbocycles. The quantitative estimate of drug-likeness (QED) is 0.0689. The third-order valence-corrected chi connectivity index (χ3v) is 7.48. The molecule has 0 heterocycles. The van der Waals surface area contributed by atoms with Crippen molar-refractivity contribution in [2.24, 2.45) is 0 Å². The van der Waals surface area contributed by atoms with Crippen LogP contribution in [0.15, 0.2) is 46.9 Å². The van der Waals surface area contributed by atoms with Crippen LogP contribution in [0.2, 0.25) is 0 Å². The van der Waals surface area contributed by atoms with Gasteiger partial charge in [0.05, 0.1) is 13.2 Å². The van der Waals surface area contributed by atoms with Gasteiger partial charge in [0.1, 0.15) is 24.7 Å². The second kappa shape index (κ2) is 18.7. The second-order valence-corrected chi connectivity index (χ2v) is 11.5. The molecule has 0 saturated carbocycles. The molecule has 9 heteroatoms. The first-order valence-corrected chi connectivity index (χ1v) is 16.0. The molecule has 0 aromatic heterocycles. The number of benzene rings is 3. The van der Waals surface area contributed by atoms with Crippen molar-refractivity contribution in [1.29, 1.82) is 0 Å². The minimum Gasteiger partial charge on any atom is -0.488 e. The van der Waals surface area contributed by atoms with Crippen LogP contribution in [0.3, 0.4) is 0 Å². The van der Waals surface area contributed by atoms with E-state index < -0.39 is 12.2 Å². The molecule has 0 spiro atoms. The van der Waals surface area contributed by atoms with Gasteiger partial charge in [0.25, 0.3) is 0 Å². The molecule has 0 aliphatic heterocycles. The van der Waals surface area contributed by atoms with Crippen molar-refractivity contribution in [2.45, 2.75) is 77.4 Å². The Morgan fingerprint density at radius 1 is 0.651 bits per heavy atom. The Hall–Kier alpha value is -2.88. The van der Waals surface area contributed by atoms with Crippen molar-refractivity contribution in [2.75, 3.05) is 40.6 Å². The van der Waals surface area contributed by atoms with Gasteiger partial charge in [-0.1, -0.05) is 79.7 Å². The summed E-state index contributed by atoms with van der Waals surface area (Å²) >= 11 is 3.60. The van der Waals surface area contributed by atoms with Crippen LogP contribution < -0.4 is 9.47 Å². The van der Waals surface area contributed by atoms with E-state index in [1.54, 1.807) is 14.2 Å². The van der Waals surface area contributed by atoms with E-state index in [0.29, 0.717) is 24.3 Å². The largest absolute Gasteiger partial charge is 0.488 e. The normalized spacial score (nSPS) is 12.7. The summed E-state index contributed by atoms with van der Waals surface area (Å²) in [6.45, 7) is 4.89. The molecule has 0 aliphatic carbocycles. The molecule has 3 aromatic rings. The van der Waals surface area contributed by atoms with E-state index in [9.17, 15) is 9.59 Å². The summed E-state index contributed by atoms with van der Waals surface area (Å²) in [5.41, 5.74) is 0. The highest BCUT2D eigenvalue weighted by atomic mass is 79.9. The molecule has 3 rings (SSSR count). The fourth-order valence-electron chi connectivity index (χ4n) is 4.87. The summed E-state index contributed by atoms with van der Waals surface area (Å²) in [6.07, 6.45) is 5.25. The first-order valence-electron chi connectivity index (χ1n) is 15.2. The van der Waals surface area contributed by atoms with Gasteiger partial charge in [-0.15, -0.1) is 0 Å². The van der Waals surface area contributed by atoms with Gasteiger partial charge in [-0.05, 0) is 31.0 Å². The smallest absolute Gasteiger partial charge is 0.306 e. The second-order valence-electron chi connectivity index (χ2n) is 10.6. The summed E-state index contributed by atoms with van der Waals surface area (Å²) in [5.74, 6) is 0.803. The molecular formula is C34H45BrO8. The van der Waals surface area contributed by atoms with Gasteiger partial charge in [0.15, 0.2) is 12.2 Å². The van der Waals surface area contributed by atoms with Crippen LogP contribution in [-0.4, -0.2) is 64.8 Å². The molecule has 0 fully saturated rings. The number of rotatable bonds is 20. The lowest BCUT2D eigenvalue weighted by Crippen LogP contribution is -2.30. The van der Waals surface area contributed by atoms with E-state index in [-0.39, 0.29) is 38.4 Å². The Morgan fingerprint density at radius 2 is 1.12 bits per heavy atom. The van der Waals surface area contributed by atoms with E-state index in [2.05, 4.69) is 29.8 Å². The zero-order chi connectivity index (χ0) is 31.0. The summed E-state index contributed by atoms with van der Waals surface area (Å²) in [5, 5.41) is 3.35. The molecule has 0 aliphatic rings. The maximum Gasteiger partial charge on any atom is 0.306 e. The van der Waals surface area contributed by atoms with Gasteiger partial charge in [0.2, 0.25) is 0 Å². The van der Waals surface area contributed by atoms with Crippen LogP contribution in [0.4, 0.5) is 0 Å². The minimum absolute atomic E-state index is 0.128. The first-order chi connectivity index (χ1) is 20.9. The van der Waals surface area contributed by atoms with Crippen molar-refractivity contribution < 1.29 is 38.0 Å². The van der Waals surface area contributed by atoms with Gasteiger partial charge in [0, 0.05) is 53.1 Å². The predicted molar refractivity (Wildman–Crippen MR) is 172 cm³/mol. The highest BCUT2D eigenvalue weighted by molar-refractivity contribution is 9.10. The number of unbranched alkanes of at least 4 members (excludes halogenated alkanes) is 4. The summed E-state index contributed by atoms with van der Waals surface area (Å²) in [6, 6.07) is 13.7. The molecule has 0 radical (unpaired) electrons. The number of ether oxygens (including phenoxy) is 6. The highest BCUT2D eigenvalue weighted by Crippen LogP contribution is 2.43. The third kappa shape index (κ3) is 10.7. The zero-order valence-corrected chi connectivity index (χ0v) is 27.4. The maximum atomic E-state index is 12.4. The number of esters is 2. The van der Waals surface area contributed by atoms with Gasteiger partial charge in [-0.25, -0.2) is 0 Å². The lowest BCUT2D eigenvalue weighted by atomic mass is 10.0. The molecule has 0 N–H and O–H groups in total. The number of carbonyl (C=O) groups excluding carboxylic acids is 2. The van der Waals surface area contributed by atoms with Crippen LogP contribution in [0, 0.1) is 0 Å². The lowest BCUT2D eigenvalue weighted by molar-refractivity contribution is -0.154. The van der Waals surface area contributed by atoms with E-state index in [0.717, 1.165) is 64.5 Å². The predicted octanol–water partition coefficient (Wildman–Crippen LogP) is 7.79. The van der Waals surface area contributed by atoms with E-state index in [1.807, 2.05) is 42.5 Å². The van der Waals surface area contributed by atoms with E-state index >= 15 is 0 Å². The average Bonchev–Trinajstić information content (AvgIpc) is 2.99. The first kappa shape index (κ1) is 34.6. The van der Waals surface area contributed by atoms with Crippen molar-refractivity contribution in [3.63, 3.8) is 0 Å². The molecule has 0 bridgehead atoms. The van der Waals surface area contributed by atoms with Crippen LogP contribution in [0.5, 0.6) is 11.5 Å². The minimum atomic E-state index is -0.558. The Morgan fingerprint density at radius 3 is 1.58 bits per heavy atom. The number of hydrogen-bond acceptors (Lipinski definition) is 8. The summed E-state index contributed by atoms with van der Waals surface area (Å²) in [4.78, 5) is 24.9. The van der Waals surface area contributed by atoms with Crippen LogP contribution in [-0.2, 0) is 28.5 Å². The Bertz CT molecular complexity index is 1310. The van der Waals surface area contributed by atoms with Gasteiger partial charge in [-0.3, -0.25) is 9.59 Å². The summed E-state index contributed by atoms with van der Waals surface area (Å²) < 4.78 is 35.8. The van der Waals surface area contributed by atoms with Crippen molar-refractivity contribution >= 4 is 49.4 Å². The monoisotopic (exact) mass is 660 g/mol. The van der Waals surface area contributed by atoms with Crippen LogP contribution >= 0.6 is 15.9 Å². The molecule has 0 amide bonds. The number of methoxy groups -OCH3 is 2. The Labute approximate surface area is 263 Å². The van der Waals surface area contributed by atoms with Gasteiger partial charge < -0.3 is 28.4 Å². The SMILES string of the molecule is CCCCCC(=O)OC(COC)COc1c2ccccc2c(OCC(COC)OC(=O)CCCCC)c2cc(Br)ccc12. The van der Waals surface area contributed by atoms with Crippen molar-refractivity contribution in [3.8, 4) is 11.5 Å². The highest BCUT2D eigenvalue weighted by Gasteiger charge is 2.22. The number of carbonyl (C=O) groups is 2. The molecule has 2 atom stereocenters. The summed E-state index contributed by atoms with van der Waals surface area (Å²) in [7, 11) is 3.15. The fraction of sp³-hybridized carbons (Fsp3) is 0.529. The van der Waals surface area contributed by atoms with Crippen LogP contribution in [0.1, 0.15) is 65.2 Å². The van der Waals surface area contributed by atoms with Gasteiger partial charge >= 0.3 is 11.9 Å². The molecule has 236 valence electrons. The fourth-order valence-corrected chi connectivity index (χ4v) is 5.23. The average molecular weight is 662 g/mol. The molecular weight excluding hydrogens is 616 g/mol. The zero-order valence-electron chi connectivity index (χ0n) is 25.8. The van der Waals surface area contributed by atoms with E-state index in [4.69, 9.17) is 28.4 Å². The van der Waals surface area contributed by atoms with Crippen molar-refractivity contribution in [3.05, 3.63) is 46.9 Å². The molecule has 0 saturated heterocycles. The number of halogens is 1. The Kier molecular flexibility index (Phi) is 15.1. The molecule has 43 heavy (non-hydrogen) atoms. The van der Waals surface area contributed by atoms with Gasteiger partial charge in [-0.2, -0.15) is 0 Å². The number of hydrogen-bond donors (Lipinski definition) is 0. The Balaban J connectivity index is 1.89.